The van der Waals surface area contributed by atoms with Crippen LogP contribution in [0.2, 0.25) is 0 Å². The Bertz CT molecular complexity index is 846. The molecule has 1 N–H and O–H groups in total. The zero-order valence-electron chi connectivity index (χ0n) is 16.3. The number of Topliss-reactive ketones (excluding diaryl/α,β-unsaturated/α-hetero) is 2. The van der Waals surface area contributed by atoms with Crippen molar-refractivity contribution in [2.24, 2.45) is 0 Å². The third-order valence-electron chi connectivity index (χ3n) is 4.34. The second kappa shape index (κ2) is 8.66. The van der Waals surface area contributed by atoms with Gasteiger partial charge >= 0.3 is 5.97 Å². The predicted octanol–water partition coefficient (Wildman–Crippen LogP) is 3.76. The lowest BCUT2D eigenvalue weighted by molar-refractivity contribution is -0.144. The number of ketones is 2. The lowest BCUT2D eigenvalue weighted by Crippen LogP contribution is -2.20. The van der Waals surface area contributed by atoms with E-state index in [9.17, 15) is 14.4 Å². The number of aromatic nitrogens is 1. The summed E-state index contributed by atoms with van der Waals surface area (Å²) in [6.45, 7) is 8.36. The van der Waals surface area contributed by atoms with Gasteiger partial charge in [-0.25, -0.2) is 4.79 Å². The molecular formula is C21H25NO5. The third kappa shape index (κ3) is 5.06. The summed E-state index contributed by atoms with van der Waals surface area (Å²) in [7, 11) is 0. The fourth-order valence-electron chi connectivity index (χ4n) is 2.91. The maximum absolute atomic E-state index is 12.3. The quantitative estimate of drug-likeness (QED) is 0.564. The molecule has 27 heavy (non-hydrogen) atoms. The van der Waals surface area contributed by atoms with Crippen molar-refractivity contribution in [3.8, 4) is 5.75 Å². The molecule has 0 bridgehead atoms. The molecule has 1 aromatic carbocycles. The van der Waals surface area contributed by atoms with E-state index in [1.54, 1.807) is 26.0 Å². The molecule has 0 aliphatic heterocycles. The minimum atomic E-state index is -0.635. The van der Waals surface area contributed by atoms with Crippen molar-refractivity contribution >= 4 is 17.5 Å². The van der Waals surface area contributed by atoms with Crippen molar-refractivity contribution in [1.29, 1.82) is 0 Å². The van der Waals surface area contributed by atoms with E-state index in [2.05, 4.69) is 18.8 Å². The van der Waals surface area contributed by atoms with E-state index in [0.29, 0.717) is 28.5 Å². The highest BCUT2D eigenvalue weighted by atomic mass is 16.6. The van der Waals surface area contributed by atoms with E-state index in [1.807, 2.05) is 12.1 Å². The number of aryl methyl sites for hydroxylation is 1. The number of H-pyrrole nitrogens is 1. The van der Waals surface area contributed by atoms with Crippen molar-refractivity contribution in [2.75, 3.05) is 13.2 Å². The molecule has 0 atom stereocenters. The minimum Gasteiger partial charge on any atom is -0.482 e. The molecule has 0 saturated carbocycles. The van der Waals surface area contributed by atoms with E-state index < -0.39 is 18.4 Å². The maximum Gasteiger partial charge on any atom is 0.344 e. The molecule has 1 heterocycles. The van der Waals surface area contributed by atoms with E-state index in [-0.39, 0.29) is 18.1 Å². The molecule has 0 aliphatic carbocycles. The second-order valence-electron chi connectivity index (χ2n) is 6.78. The number of ether oxygens (including phenoxy) is 2. The highest BCUT2D eigenvalue weighted by Gasteiger charge is 2.20. The highest BCUT2D eigenvalue weighted by Crippen LogP contribution is 2.20. The molecular weight excluding hydrogens is 346 g/mol. The first-order valence-electron chi connectivity index (χ1n) is 8.82. The summed E-state index contributed by atoms with van der Waals surface area (Å²) in [4.78, 5) is 38.6. The van der Waals surface area contributed by atoms with Crippen LogP contribution in [0.25, 0.3) is 0 Å². The number of esters is 1. The molecule has 0 spiro atoms. The molecule has 1 aromatic heterocycles. The number of hydrogen-bond acceptors (Lipinski definition) is 5. The molecule has 2 aromatic rings. The number of carbonyl (C=O) groups excluding carboxylic acids is 3. The SMILES string of the molecule is CC(=O)c1c(C)[nH]c(C(=O)COC(=O)COc2ccc(C(C)C)cc2)c1C. The Morgan fingerprint density at radius 3 is 2.19 bits per heavy atom. The monoisotopic (exact) mass is 371 g/mol. The lowest BCUT2D eigenvalue weighted by atomic mass is 10.0. The molecule has 6 nitrogen and oxygen atoms in total. The summed E-state index contributed by atoms with van der Waals surface area (Å²) in [5, 5.41) is 0. The van der Waals surface area contributed by atoms with Gasteiger partial charge in [0.05, 0.1) is 5.69 Å². The van der Waals surface area contributed by atoms with Crippen LogP contribution in [0.5, 0.6) is 5.75 Å². The predicted molar refractivity (Wildman–Crippen MR) is 102 cm³/mol. The van der Waals surface area contributed by atoms with Crippen LogP contribution in [0.1, 0.15) is 64.4 Å². The molecule has 144 valence electrons. The van der Waals surface area contributed by atoms with Crippen LogP contribution in [0.4, 0.5) is 0 Å². The summed E-state index contributed by atoms with van der Waals surface area (Å²) in [5.74, 6) is -0.167. The summed E-state index contributed by atoms with van der Waals surface area (Å²) in [5.41, 5.74) is 3.16. The molecule has 2 rings (SSSR count). The van der Waals surface area contributed by atoms with Gasteiger partial charge in [0, 0.05) is 11.3 Å². The van der Waals surface area contributed by atoms with E-state index >= 15 is 0 Å². The molecule has 0 fully saturated rings. The van der Waals surface area contributed by atoms with Crippen LogP contribution in [0.15, 0.2) is 24.3 Å². The number of carbonyl (C=O) groups is 3. The molecule has 6 heteroatoms. The van der Waals surface area contributed by atoms with Crippen LogP contribution >= 0.6 is 0 Å². The van der Waals surface area contributed by atoms with Gasteiger partial charge in [0.25, 0.3) is 0 Å². The zero-order valence-corrected chi connectivity index (χ0v) is 16.3. The van der Waals surface area contributed by atoms with Gasteiger partial charge in [-0.3, -0.25) is 9.59 Å². The van der Waals surface area contributed by atoms with Crippen molar-refractivity contribution in [3.05, 3.63) is 52.3 Å². The van der Waals surface area contributed by atoms with Gasteiger partial charge in [-0.15, -0.1) is 0 Å². The Morgan fingerprint density at radius 1 is 1.04 bits per heavy atom. The van der Waals surface area contributed by atoms with Gasteiger partial charge in [0.2, 0.25) is 5.78 Å². The Hall–Kier alpha value is -2.89. The average molecular weight is 371 g/mol. The number of rotatable bonds is 8. The molecule has 0 aliphatic rings. The van der Waals surface area contributed by atoms with Crippen LogP contribution in [0.3, 0.4) is 0 Å². The Morgan fingerprint density at radius 2 is 1.67 bits per heavy atom. The fourth-order valence-corrected chi connectivity index (χ4v) is 2.91. The largest absolute Gasteiger partial charge is 0.482 e. The maximum atomic E-state index is 12.3. The van der Waals surface area contributed by atoms with Crippen LogP contribution in [-0.4, -0.2) is 35.7 Å². The van der Waals surface area contributed by atoms with Gasteiger partial charge in [-0.05, 0) is 49.9 Å². The smallest absolute Gasteiger partial charge is 0.344 e. The van der Waals surface area contributed by atoms with Crippen molar-refractivity contribution in [2.45, 2.75) is 40.5 Å². The Labute approximate surface area is 158 Å². The van der Waals surface area contributed by atoms with Crippen LogP contribution in [-0.2, 0) is 9.53 Å². The topological polar surface area (TPSA) is 85.5 Å². The molecule has 0 saturated heterocycles. The van der Waals surface area contributed by atoms with Gasteiger partial charge in [-0.2, -0.15) is 0 Å². The van der Waals surface area contributed by atoms with Crippen molar-refractivity contribution in [1.82, 2.24) is 4.98 Å². The first-order valence-corrected chi connectivity index (χ1v) is 8.82. The van der Waals surface area contributed by atoms with Gasteiger partial charge in [-0.1, -0.05) is 26.0 Å². The van der Waals surface area contributed by atoms with Gasteiger partial charge in [0.15, 0.2) is 19.0 Å². The van der Waals surface area contributed by atoms with Crippen LogP contribution in [0, 0.1) is 13.8 Å². The number of aromatic amines is 1. The normalized spacial score (nSPS) is 10.7. The third-order valence-corrected chi connectivity index (χ3v) is 4.34. The minimum absolute atomic E-state index is 0.116. The Balaban J connectivity index is 1.87. The van der Waals surface area contributed by atoms with E-state index in [1.165, 1.54) is 12.5 Å². The summed E-state index contributed by atoms with van der Waals surface area (Å²) in [6, 6.07) is 7.47. The van der Waals surface area contributed by atoms with Crippen molar-refractivity contribution in [3.63, 3.8) is 0 Å². The first-order chi connectivity index (χ1) is 12.7. The molecule has 0 unspecified atom stereocenters. The number of benzene rings is 1. The number of hydrogen-bond donors (Lipinski definition) is 1. The zero-order chi connectivity index (χ0) is 20.1. The average Bonchev–Trinajstić information content (AvgIpc) is 2.92. The highest BCUT2D eigenvalue weighted by molar-refractivity contribution is 6.04. The summed E-state index contributed by atoms with van der Waals surface area (Å²) < 4.78 is 10.4. The van der Waals surface area contributed by atoms with Gasteiger partial charge in [0.1, 0.15) is 5.75 Å². The van der Waals surface area contributed by atoms with E-state index in [4.69, 9.17) is 9.47 Å². The second-order valence-corrected chi connectivity index (χ2v) is 6.78. The van der Waals surface area contributed by atoms with Crippen molar-refractivity contribution < 1.29 is 23.9 Å². The number of nitrogens with one attached hydrogen (secondary N) is 1. The fraction of sp³-hybridized carbons (Fsp3) is 0.381. The van der Waals surface area contributed by atoms with Gasteiger partial charge < -0.3 is 14.5 Å². The molecule has 0 amide bonds. The first kappa shape index (κ1) is 20.4. The lowest BCUT2D eigenvalue weighted by Gasteiger charge is -2.09. The molecule has 0 radical (unpaired) electrons. The standard InChI is InChI=1S/C21H25NO5/c1-12(2)16-6-8-17(9-7-16)26-11-19(25)27-10-18(24)21-13(3)20(15(5)23)14(4)22-21/h6-9,12,22H,10-11H2,1-5H3. The van der Waals surface area contributed by atoms with Crippen LogP contribution < -0.4 is 4.74 Å². The summed E-state index contributed by atoms with van der Waals surface area (Å²) >= 11 is 0. The Kier molecular flexibility index (Phi) is 6.55. The summed E-state index contributed by atoms with van der Waals surface area (Å²) in [6.07, 6.45) is 0. The van der Waals surface area contributed by atoms with E-state index in [0.717, 1.165) is 0 Å².